The van der Waals surface area contributed by atoms with Gasteiger partial charge in [0.2, 0.25) is 5.91 Å². The molecule has 2 saturated heterocycles. The van der Waals surface area contributed by atoms with E-state index in [9.17, 15) is 4.79 Å². The Balaban J connectivity index is 1.90. The topological polar surface area (TPSA) is 23.6 Å². The molecule has 0 aliphatic carbocycles. The first kappa shape index (κ1) is 12.7. The lowest BCUT2D eigenvalue weighted by atomic mass is 9.95. The normalized spacial score (nSPS) is 27.9. The number of nitrogens with zero attached hydrogens (tertiary/aromatic N) is 2. The minimum absolute atomic E-state index is 0.290. The Hall–Kier alpha value is -1.35. The highest BCUT2D eigenvalue weighted by atomic mass is 16.2. The van der Waals surface area contributed by atoms with Gasteiger partial charge in [-0.05, 0) is 38.8 Å². The van der Waals surface area contributed by atoms with Crippen molar-refractivity contribution in [1.29, 1.82) is 0 Å². The van der Waals surface area contributed by atoms with Gasteiger partial charge in [-0.2, -0.15) is 0 Å². The standard InChI is InChI=1S/C16H22N2O/c1-12(2)17-11-10-15-14(17)8-9-16(19)18(15)13-6-4-3-5-7-13/h3-7,12,14-15H,8-11H2,1-2H3/t14-,15-/m0/s1. The monoisotopic (exact) mass is 258 g/mol. The van der Waals surface area contributed by atoms with Crippen molar-refractivity contribution in [2.75, 3.05) is 11.4 Å². The Morgan fingerprint density at radius 3 is 2.53 bits per heavy atom. The quantitative estimate of drug-likeness (QED) is 0.814. The van der Waals surface area contributed by atoms with Crippen molar-refractivity contribution in [1.82, 2.24) is 4.90 Å². The number of fused-ring (bicyclic) bond motifs is 1. The number of rotatable bonds is 2. The molecule has 1 amide bonds. The molecule has 0 unspecified atom stereocenters. The van der Waals surface area contributed by atoms with Crippen LogP contribution < -0.4 is 4.90 Å². The van der Waals surface area contributed by atoms with E-state index in [-0.39, 0.29) is 5.91 Å². The number of para-hydroxylation sites is 1. The van der Waals surface area contributed by atoms with Crippen molar-refractivity contribution in [3.8, 4) is 0 Å². The van der Waals surface area contributed by atoms with Crippen LogP contribution in [0.4, 0.5) is 5.69 Å². The molecule has 3 heteroatoms. The van der Waals surface area contributed by atoms with Gasteiger partial charge in [-0.25, -0.2) is 0 Å². The zero-order valence-corrected chi connectivity index (χ0v) is 11.7. The SMILES string of the molecule is CC(C)N1CC[C@H]2[C@@H]1CCC(=O)N2c1ccccc1. The molecule has 2 atom stereocenters. The number of anilines is 1. The maximum Gasteiger partial charge on any atom is 0.227 e. The molecule has 0 N–H and O–H groups in total. The lowest BCUT2D eigenvalue weighted by Crippen LogP contribution is -2.53. The van der Waals surface area contributed by atoms with E-state index < -0.39 is 0 Å². The van der Waals surface area contributed by atoms with Gasteiger partial charge in [0, 0.05) is 30.7 Å². The van der Waals surface area contributed by atoms with Crippen molar-refractivity contribution < 1.29 is 4.79 Å². The zero-order chi connectivity index (χ0) is 13.4. The molecule has 2 aliphatic rings. The Morgan fingerprint density at radius 2 is 1.84 bits per heavy atom. The second-order valence-electron chi connectivity index (χ2n) is 5.89. The Morgan fingerprint density at radius 1 is 1.11 bits per heavy atom. The summed E-state index contributed by atoms with van der Waals surface area (Å²) in [6, 6.07) is 11.6. The lowest BCUT2D eigenvalue weighted by Gasteiger charge is -2.41. The van der Waals surface area contributed by atoms with Crippen LogP contribution in [0.3, 0.4) is 0 Å². The highest BCUT2D eigenvalue weighted by Crippen LogP contribution is 2.35. The summed E-state index contributed by atoms with van der Waals surface area (Å²) in [4.78, 5) is 16.9. The third-order valence-electron chi connectivity index (χ3n) is 4.51. The van der Waals surface area contributed by atoms with Gasteiger partial charge in [-0.15, -0.1) is 0 Å². The van der Waals surface area contributed by atoms with Crippen molar-refractivity contribution in [3.63, 3.8) is 0 Å². The van der Waals surface area contributed by atoms with Crippen LogP contribution in [0.15, 0.2) is 30.3 Å². The molecule has 0 aromatic heterocycles. The van der Waals surface area contributed by atoms with Crippen LogP contribution in [-0.4, -0.2) is 35.5 Å². The van der Waals surface area contributed by atoms with Crippen molar-refractivity contribution in [2.24, 2.45) is 0 Å². The van der Waals surface area contributed by atoms with E-state index in [2.05, 4.69) is 35.8 Å². The summed E-state index contributed by atoms with van der Waals surface area (Å²) in [6.45, 7) is 5.63. The van der Waals surface area contributed by atoms with E-state index in [0.717, 1.165) is 25.1 Å². The van der Waals surface area contributed by atoms with Crippen LogP contribution in [0.25, 0.3) is 0 Å². The first-order valence-electron chi connectivity index (χ1n) is 7.31. The third-order valence-corrected chi connectivity index (χ3v) is 4.51. The van der Waals surface area contributed by atoms with Gasteiger partial charge in [0.15, 0.2) is 0 Å². The molecule has 19 heavy (non-hydrogen) atoms. The molecule has 2 aliphatic heterocycles. The first-order valence-corrected chi connectivity index (χ1v) is 7.31. The largest absolute Gasteiger partial charge is 0.308 e. The molecule has 1 aromatic rings. The van der Waals surface area contributed by atoms with E-state index in [0.29, 0.717) is 24.5 Å². The Bertz CT molecular complexity index is 457. The molecular formula is C16H22N2O. The average molecular weight is 258 g/mol. The maximum absolute atomic E-state index is 12.3. The van der Waals surface area contributed by atoms with Crippen LogP contribution in [0.2, 0.25) is 0 Å². The van der Waals surface area contributed by atoms with Gasteiger partial charge >= 0.3 is 0 Å². The van der Waals surface area contributed by atoms with Gasteiger partial charge < -0.3 is 4.90 Å². The predicted octanol–water partition coefficient (Wildman–Crippen LogP) is 2.66. The molecule has 0 spiro atoms. The number of piperidine rings is 1. The fourth-order valence-corrected chi connectivity index (χ4v) is 3.66. The molecule has 2 fully saturated rings. The number of likely N-dealkylation sites (tertiary alicyclic amines) is 1. The van der Waals surface area contributed by atoms with Crippen LogP contribution in [0.5, 0.6) is 0 Å². The second-order valence-corrected chi connectivity index (χ2v) is 5.89. The smallest absolute Gasteiger partial charge is 0.227 e. The minimum Gasteiger partial charge on any atom is -0.308 e. The van der Waals surface area contributed by atoms with E-state index in [1.165, 1.54) is 0 Å². The zero-order valence-electron chi connectivity index (χ0n) is 11.7. The number of carbonyl (C=O) groups excluding carboxylic acids is 1. The van der Waals surface area contributed by atoms with E-state index in [4.69, 9.17) is 0 Å². The van der Waals surface area contributed by atoms with Crippen molar-refractivity contribution in [3.05, 3.63) is 30.3 Å². The highest BCUT2D eigenvalue weighted by Gasteiger charge is 2.44. The van der Waals surface area contributed by atoms with Gasteiger partial charge in [0.1, 0.15) is 0 Å². The predicted molar refractivity (Wildman–Crippen MR) is 77.2 cm³/mol. The second kappa shape index (κ2) is 4.97. The molecule has 102 valence electrons. The molecule has 0 saturated carbocycles. The fraction of sp³-hybridized carbons (Fsp3) is 0.562. The summed E-state index contributed by atoms with van der Waals surface area (Å²) >= 11 is 0. The summed E-state index contributed by atoms with van der Waals surface area (Å²) in [6.07, 6.45) is 2.80. The maximum atomic E-state index is 12.3. The minimum atomic E-state index is 0.290. The van der Waals surface area contributed by atoms with Crippen LogP contribution in [0.1, 0.15) is 33.1 Å². The third kappa shape index (κ3) is 2.16. The molecule has 1 aromatic carbocycles. The van der Waals surface area contributed by atoms with Gasteiger partial charge in [0.25, 0.3) is 0 Å². The highest BCUT2D eigenvalue weighted by molar-refractivity contribution is 5.95. The number of hydrogen-bond donors (Lipinski definition) is 0. The Kier molecular flexibility index (Phi) is 3.31. The summed E-state index contributed by atoms with van der Waals surface area (Å²) in [7, 11) is 0. The number of benzene rings is 1. The van der Waals surface area contributed by atoms with E-state index >= 15 is 0 Å². The van der Waals surface area contributed by atoms with Crippen LogP contribution in [-0.2, 0) is 4.79 Å². The fourth-order valence-electron chi connectivity index (χ4n) is 3.66. The van der Waals surface area contributed by atoms with E-state index in [1.54, 1.807) is 0 Å². The number of amides is 1. The van der Waals surface area contributed by atoms with Crippen LogP contribution in [0, 0.1) is 0 Å². The summed E-state index contributed by atoms with van der Waals surface area (Å²) in [5, 5.41) is 0. The van der Waals surface area contributed by atoms with Gasteiger partial charge in [0.05, 0.1) is 6.04 Å². The van der Waals surface area contributed by atoms with E-state index in [1.807, 2.05) is 18.2 Å². The first-order chi connectivity index (χ1) is 9.18. The molecule has 3 rings (SSSR count). The molecule has 0 bridgehead atoms. The molecule has 3 nitrogen and oxygen atoms in total. The number of carbonyl (C=O) groups is 1. The summed E-state index contributed by atoms with van der Waals surface area (Å²) < 4.78 is 0. The molecular weight excluding hydrogens is 236 g/mol. The van der Waals surface area contributed by atoms with Crippen LogP contribution >= 0.6 is 0 Å². The summed E-state index contributed by atoms with van der Waals surface area (Å²) in [5.41, 5.74) is 1.06. The lowest BCUT2D eigenvalue weighted by molar-refractivity contribution is -0.121. The number of hydrogen-bond acceptors (Lipinski definition) is 2. The average Bonchev–Trinajstić information content (AvgIpc) is 2.83. The Labute approximate surface area is 115 Å². The summed E-state index contributed by atoms with van der Waals surface area (Å²) in [5.74, 6) is 0.290. The van der Waals surface area contributed by atoms with Crippen molar-refractivity contribution >= 4 is 11.6 Å². The van der Waals surface area contributed by atoms with Gasteiger partial charge in [-0.1, -0.05) is 18.2 Å². The molecule has 2 heterocycles. The van der Waals surface area contributed by atoms with Crippen molar-refractivity contribution in [2.45, 2.75) is 51.2 Å². The molecule has 0 radical (unpaired) electrons. The van der Waals surface area contributed by atoms with Gasteiger partial charge in [-0.3, -0.25) is 9.69 Å².